The second-order valence-electron chi connectivity index (χ2n) is 8.00. The molecule has 3 aliphatic heterocycles. The molecular weight excluding hydrogens is 368 g/mol. The summed E-state index contributed by atoms with van der Waals surface area (Å²) in [5.74, 6) is -3.37. The molecule has 5 atom stereocenters. The standard InChI is InChI=1S/C20H24O8/c1-19(2)23-10-12(26-19)14-15(16-18(25-14)28-20(3,4)27-16)24-17(22)13(21)11-8-6-5-7-9-11/h5-9,12,14-16,18H,10H2,1-4H3/t12-,14-,15-,16-,18-/m1/s1. The molecule has 28 heavy (non-hydrogen) atoms. The number of carbonyl (C=O) groups excluding carboxylic acids is 2. The first-order valence-electron chi connectivity index (χ1n) is 9.28. The van der Waals surface area contributed by atoms with E-state index in [2.05, 4.69) is 0 Å². The minimum atomic E-state index is -0.975. The summed E-state index contributed by atoms with van der Waals surface area (Å²) in [6.07, 6.45) is -3.42. The Hall–Kier alpha value is -1.84. The maximum absolute atomic E-state index is 12.5. The van der Waals surface area contributed by atoms with Crippen LogP contribution in [0.15, 0.2) is 30.3 Å². The third kappa shape index (κ3) is 3.70. The van der Waals surface area contributed by atoms with Crippen molar-refractivity contribution < 1.29 is 38.0 Å². The molecule has 0 amide bonds. The minimum Gasteiger partial charge on any atom is -0.450 e. The molecule has 3 aliphatic rings. The van der Waals surface area contributed by atoms with Crippen molar-refractivity contribution in [2.45, 2.75) is 70.0 Å². The molecule has 0 radical (unpaired) electrons. The fourth-order valence-corrected chi connectivity index (χ4v) is 3.70. The van der Waals surface area contributed by atoms with Gasteiger partial charge < -0.3 is 28.4 Å². The normalized spacial score (nSPS) is 35.5. The fraction of sp³-hybridized carbons (Fsp3) is 0.600. The third-order valence-corrected chi connectivity index (χ3v) is 4.89. The van der Waals surface area contributed by atoms with Gasteiger partial charge in [0, 0.05) is 5.56 Å². The maximum Gasteiger partial charge on any atom is 0.380 e. The Kier molecular flexibility index (Phi) is 4.79. The molecule has 0 aliphatic carbocycles. The van der Waals surface area contributed by atoms with Crippen molar-refractivity contribution in [2.24, 2.45) is 0 Å². The quantitative estimate of drug-likeness (QED) is 0.435. The van der Waals surface area contributed by atoms with E-state index in [-0.39, 0.29) is 12.2 Å². The van der Waals surface area contributed by atoms with E-state index in [1.54, 1.807) is 58.0 Å². The van der Waals surface area contributed by atoms with Crippen LogP contribution in [0.4, 0.5) is 0 Å². The number of ether oxygens (including phenoxy) is 6. The first kappa shape index (κ1) is 19.5. The Bertz CT molecular complexity index is 759. The fourth-order valence-electron chi connectivity index (χ4n) is 3.70. The number of hydrogen-bond acceptors (Lipinski definition) is 8. The molecule has 0 spiro atoms. The molecular formula is C20H24O8. The van der Waals surface area contributed by atoms with Crippen LogP contribution in [0, 0.1) is 0 Å². The van der Waals surface area contributed by atoms with Gasteiger partial charge in [0.1, 0.15) is 12.2 Å². The Labute approximate surface area is 163 Å². The van der Waals surface area contributed by atoms with Crippen molar-refractivity contribution in [2.75, 3.05) is 6.61 Å². The average Bonchev–Trinajstić information content (AvgIpc) is 3.25. The van der Waals surface area contributed by atoms with Crippen LogP contribution >= 0.6 is 0 Å². The lowest BCUT2D eigenvalue weighted by Crippen LogP contribution is -2.46. The predicted octanol–water partition coefficient (Wildman–Crippen LogP) is 1.81. The Morgan fingerprint density at radius 2 is 1.68 bits per heavy atom. The van der Waals surface area contributed by atoms with Gasteiger partial charge in [-0.2, -0.15) is 0 Å². The zero-order valence-corrected chi connectivity index (χ0v) is 16.2. The van der Waals surface area contributed by atoms with Crippen molar-refractivity contribution in [3.63, 3.8) is 0 Å². The van der Waals surface area contributed by atoms with Crippen LogP contribution in [0.1, 0.15) is 38.1 Å². The largest absolute Gasteiger partial charge is 0.450 e. The van der Waals surface area contributed by atoms with E-state index >= 15 is 0 Å². The van der Waals surface area contributed by atoms with E-state index in [1.807, 2.05) is 0 Å². The number of hydrogen-bond donors (Lipinski definition) is 0. The van der Waals surface area contributed by atoms with Crippen molar-refractivity contribution >= 4 is 11.8 Å². The molecule has 152 valence electrons. The van der Waals surface area contributed by atoms with Gasteiger partial charge >= 0.3 is 5.97 Å². The van der Waals surface area contributed by atoms with Gasteiger partial charge in [-0.3, -0.25) is 4.79 Å². The SMILES string of the molecule is CC1(C)O[C@H]2O[C@H]([C@H]3COC(C)(C)O3)[C@@H](OC(=O)C(=O)c3ccccc3)[C@H]2O1. The van der Waals surface area contributed by atoms with Gasteiger partial charge in [0.15, 0.2) is 30.1 Å². The lowest BCUT2D eigenvalue weighted by Gasteiger charge is -2.28. The molecule has 0 bridgehead atoms. The summed E-state index contributed by atoms with van der Waals surface area (Å²) >= 11 is 0. The molecule has 3 fully saturated rings. The predicted molar refractivity (Wildman–Crippen MR) is 94.3 cm³/mol. The van der Waals surface area contributed by atoms with Gasteiger partial charge in [-0.05, 0) is 27.7 Å². The van der Waals surface area contributed by atoms with Gasteiger partial charge in [-0.15, -0.1) is 0 Å². The highest BCUT2D eigenvalue weighted by atomic mass is 16.8. The van der Waals surface area contributed by atoms with Crippen LogP contribution < -0.4 is 0 Å². The zero-order chi connectivity index (χ0) is 20.1. The lowest BCUT2D eigenvalue weighted by molar-refractivity contribution is -0.234. The van der Waals surface area contributed by atoms with Crippen LogP contribution in [-0.2, 0) is 33.2 Å². The molecule has 0 saturated carbocycles. The van der Waals surface area contributed by atoms with Crippen molar-refractivity contribution in [1.82, 2.24) is 0 Å². The van der Waals surface area contributed by atoms with E-state index in [0.717, 1.165) is 0 Å². The Morgan fingerprint density at radius 3 is 2.32 bits per heavy atom. The van der Waals surface area contributed by atoms with Gasteiger partial charge in [-0.1, -0.05) is 30.3 Å². The molecule has 0 N–H and O–H groups in total. The van der Waals surface area contributed by atoms with Gasteiger partial charge in [0.25, 0.3) is 5.78 Å². The summed E-state index contributed by atoms with van der Waals surface area (Å²) in [6, 6.07) is 8.24. The van der Waals surface area contributed by atoms with Crippen LogP contribution in [0.5, 0.6) is 0 Å². The topological polar surface area (TPSA) is 89.5 Å². The van der Waals surface area contributed by atoms with E-state index in [4.69, 9.17) is 28.4 Å². The van der Waals surface area contributed by atoms with Crippen molar-refractivity contribution in [3.05, 3.63) is 35.9 Å². The second-order valence-corrected chi connectivity index (χ2v) is 8.00. The number of fused-ring (bicyclic) bond motifs is 1. The molecule has 1 aromatic carbocycles. The first-order valence-corrected chi connectivity index (χ1v) is 9.28. The van der Waals surface area contributed by atoms with E-state index < -0.39 is 54.0 Å². The number of carbonyl (C=O) groups is 2. The summed E-state index contributed by atoms with van der Waals surface area (Å²) in [6.45, 7) is 7.34. The minimum absolute atomic E-state index is 0.255. The summed E-state index contributed by atoms with van der Waals surface area (Å²) in [5.41, 5.74) is 0.255. The number of esters is 1. The number of rotatable bonds is 4. The monoisotopic (exact) mass is 392 g/mol. The van der Waals surface area contributed by atoms with Gasteiger partial charge in [-0.25, -0.2) is 4.79 Å². The van der Waals surface area contributed by atoms with E-state index in [0.29, 0.717) is 0 Å². The Morgan fingerprint density at radius 1 is 0.964 bits per heavy atom. The molecule has 4 rings (SSSR count). The zero-order valence-electron chi connectivity index (χ0n) is 16.2. The summed E-state index contributed by atoms with van der Waals surface area (Å²) in [4.78, 5) is 25.0. The molecule has 0 unspecified atom stereocenters. The second kappa shape index (κ2) is 6.89. The average molecular weight is 392 g/mol. The first-order chi connectivity index (χ1) is 13.2. The number of Topliss-reactive ketones (excluding diaryl/α,β-unsaturated/α-hetero) is 1. The third-order valence-electron chi connectivity index (χ3n) is 4.89. The Balaban J connectivity index is 1.53. The molecule has 8 nitrogen and oxygen atoms in total. The van der Waals surface area contributed by atoms with E-state index in [1.165, 1.54) is 0 Å². The molecule has 8 heteroatoms. The van der Waals surface area contributed by atoms with Gasteiger partial charge in [0.05, 0.1) is 6.61 Å². The van der Waals surface area contributed by atoms with Crippen molar-refractivity contribution in [3.8, 4) is 0 Å². The van der Waals surface area contributed by atoms with E-state index in [9.17, 15) is 9.59 Å². The summed E-state index contributed by atoms with van der Waals surface area (Å²) in [7, 11) is 0. The molecule has 1 aromatic rings. The summed E-state index contributed by atoms with van der Waals surface area (Å²) < 4.78 is 34.6. The highest BCUT2D eigenvalue weighted by Gasteiger charge is 2.60. The highest BCUT2D eigenvalue weighted by molar-refractivity contribution is 6.40. The van der Waals surface area contributed by atoms with Crippen LogP contribution in [0.25, 0.3) is 0 Å². The van der Waals surface area contributed by atoms with Gasteiger partial charge in [0.2, 0.25) is 0 Å². The highest BCUT2D eigenvalue weighted by Crippen LogP contribution is 2.42. The summed E-state index contributed by atoms with van der Waals surface area (Å²) in [5, 5.41) is 0. The molecule has 0 aromatic heterocycles. The van der Waals surface area contributed by atoms with Crippen molar-refractivity contribution in [1.29, 1.82) is 0 Å². The maximum atomic E-state index is 12.5. The number of ketones is 1. The smallest absolute Gasteiger partial charge is 0.380 e. The molecule has 3 saturated heterocycles. The molecule has 3 heterocycles. The van der Waals surface area contributed by atoms with Crippen LogP contribution in [0.2, 0.25) is 0 Å². The lowest BCUT2D eigenvalue weighted by atomic mass is 10.1. The number of benzene rings is 1. The van der Waals surface area contributed by atoms with Crippen LogP contribution in [-0.4, -0.2) is 60.6 Å². The van der Waals surface area contributed by atoms with Crippen LogP contribution in [0.3, 0.4) is 0 Å².